The Labute approximate surface area is 91.4 Å². The zero-order valence-electron chi connectivity index (χ0n) is 7.26. The summed E-state index contributed by atoms with van der Waals surface area (Å²) in [5.41, 5.74) is 5.77. The van der Waals surface area contributed by atoms with Crippen LogP contribution in [0.2, 0.25) is 10.0 Å². The standard InChI is InChI=1S/C9H9Cl2NO2/c10-6-3-5(1-2-8(12)13)4-7(11)9(6)14/h3-4,14H,1-2H2,(H2,12,13). The minimum atomic E-state index is -0.384. The van der Waals surface area contributed by atoms with E-state index in [0.717, 1.165) is 5.56 Å². The van der Waals surface area contributed by atoms with Gasteiger partial charge in [0.2, 0.25) is 5.91 Å². The summed E-state index contributed by atoms with van der Waals surface area (Å²) in [7, 11) is 0. The first-order valence-electron chi connectivity index (χ1n) is 3.96. The molecular formula is C9H9Cl2NO2. The van der Waals surface area contributed by atoms with Crippen LogP contribution in [0, 0.1) is 0 Å². The van der Waals surface area contributed by atoms with Crippen LogP contribution >= 0.6 is 23.2 Å². The van der Waals surface area contributed by atoms with Crippen molar-refractivity contribution < 1.29 is 9.90 Å². The number of amides is 1. The lowest BCUT2D eigenvalue weighted by Crippen LogP contribution is -2.11. The van der Waals surface area contributed by atoms with Crippen LogP contribution in [0.1, 0.15) is 12.0 Å². The Balaban J connectivity index is 2.84. The molecule has 0 aliphatic rings. The van der Waals surface area contributed by atoms with Gasteiger partial charge in [0, 0.05) is 6.42 Å². The van der Waals surface area contributed by atoms with Crippen molar-refractivity contribution in [1.29, 1.82) is 0 Å². The maximum Gasteiger partial charge on any atom is 0.217 e. The minimum Gasteiger partial charge on any atom is -0.505 e. The third-order valence-corrected chi connectivity index (χ3v) is 2.31. The van der Waals surface area contributed by atoms with Gasteiger partial charge in [-0.2, -0.15) is 0 Å². The Bertz CT molecular complexity index is 343. The molecule has 1 aromatic carbocycles. The number of phenolic OH excluding ortho intramolecular Hbond substituents is 1. The summed E-state index contributed by atoms with van der Waals surface area (Å²) in [5.74, 6) is -0.526. The van der Waals surface area contributed by atoms with E-state index in [2.05, 4.69) is 0 Å². The molecule has 1 rings (SSSR count). The number of benzene rings is 1. The van der Waals surface area contributed by atoms with Crippen molar-refractivity contribution in [1.82, 2.24) is 0 Å². The molecule has 0 saturated carbocycles. The van der Waals surface area contributed by atoms with Crippen molar-refractivity contribution >= 4 is 29.1 Å². The van der Waals surface area contributed by atoms with E-state index in [0.29, 0.717) is 6.42 Å². The van der Waals surface area contributed by atoms with Gasteiger partial charge in [0.15, 0.2) is 5.75 Å². The molecule has 1 amide bonds. The van der Waals surface area contributed by atoms with E-state index in [1.165, 1.54) is 0 Å². The van der Waals surface area contributed by atoms with Gasteiger partial charge >= 0.3 is 0 Å². The van der Waals surface area contributed by atoms with E-state index in [1.54, 1.807) is 12.1 Å². The Morgan fingerprint density at radius 3 is 2.29 bits per heavy atom. The molecule has 5 heteroatoms. The zero-order valence-corrected chi connectivity index (χ0v) is 8.77. The van der Waals surface area contributed by atoms with Gasteiger partial charge in [-0.25, -0.2) is 0 Å². The van der Waals surface area contributed by atoms with E-state index in [4.69, 9.17) is 28.9 Å². The SMILES string of the molecule is NC(=O)CCc1cc(Cl)c(O)c(Cl)c1. The molecule has 0 unspecified atom stereocenters. The average molecular weight is 234 g/mol. The van der Waals surface area contributed by atoms with Crippen LogP contribution in [0.25, 0.3) is 0 Å². The highest BCUT2D eigenvalue weighted by Crippen LogP contribution is 2.32. The van der Waals surface area contributed by atoms with Crippen molar-refractivity contribution in [3.8, 4) is 5.75 Å². The number of primary amides is 1. The first-order valence-corrected chi connectivity index (χ1v) is 4.71. The molecule has 76 valence electrons. The van der Waals surface area contributed by atoms with E-state index in [1.807, 2.05) is 0 Å². The summed E-state index contributed by atoms with van der Waals surface area (Å²) >= 11 is 11.4. The van der Waals surface area contributed by atoms with Crippen molar-refractivity contribution in [3.63, 3.8) is 0 Å². The number of hydrogen-bond acceptors (Lipinski definition) is 2. The zero-order chi connectivity index (χ0) is 10.7. The first-order chi connectivity index (χ1) is 6.50. The molecular weight excluding hydrogens is 225 g/mol. The fourth-order valence-corrected chi connectivity index (χ4v) is 1.56. The molecule has 14 heavy (non-hydrogen) atoms. The fourth-order valence-electron chi connectivity index (χ4n) is 1.03. The lowest BCUT2D eigenvalue weighted by Gasteiger charge is -2.04. The number of aromatic hydroxyl groups is 1. The third kappa shape index (κ3) is 2.79. The second kappa shape index (κ2) is 4.53. The number of rotatable bonds is 3. The molecule has 0 aliphatic heterocycles. The second-order valence-corrected chi connectivity index (χ2v) is 3.69. The highest BCUT2D eigenvalue weighted by atomic mass is 35.5. The molecule has 0 spiro atoms. The average Bonchev–Trinajstić information content (AvgIpc) is 2.10. The van der Waals surface area contributed by atoms with Crippen LogP contribution in [0.4, 0.5) is 0 Å². The van der Waals surface area contributed by atoms with E-state index in [-0.39, 0.29) is 28.1 Å². The van der Waals surface area contributed by atoms with Crippen LogP contribution in [0.5, 0.6) is 5.75 Å². The molecule has 0 aromatic heterocycles. The van der Waals surface area contributed by atoms with E-state index < -0.39 is 0 Å². The minimum absolute atomic E-state index is 0.142. The number of aryl methyl sites for hydroxylation is 1. The summed E-state index contributed by atoms with van der Waals surface area (Å²) in [4.78, 5) is 10.5. The molecule has 1 aromatic rings. The lowest BCUT2D eigenvalue weighted by molar-refractivity contribution is -0.117. The summed E-state index contributed by atoms with van der Waals surface area (Å²) in [6.07, 6.45) is 0.701. The number of hydrogen-bond donors (Lipinski definition) is 2. The summed E-state index contributed by atoms with van der Waals surface area (Å²) in [6.45, 7) is 0. The third-order valence-electron chi connectivity index (χ3n) is 1.74. The smallest absolute Gasteiger partial charge is 0.217 e. The van der Waals surface area contributed by atoms with Gasteiger partial charge in [0.25, 0.3) is 0 Å². The van der Waals surface area contributed by atoms with Gasteiger partial charge in [-0.15, -0.1) is 0 Å². The van der Waals surface area contributed by atoms with E-state index >= 15 is 0 Å². The highest BCUT2D eigenvalue weighted by molar-refractivity contribution is 6.37. The maximum absolute atomic E-state index is 10.5. The summed E-state index contributed by atoms with van der Waals surface area (Å²) in [5, 5.41) is 9.61. The van der Waals surface area contributed by atoms with Crippen LogP contribution in [0.3, 0.4) is 0 Å². The van der Waals surface area contributed by atoms with Gasteiger partial charge in [0.05, 0.1) is 10.0 Å². The number of carbonyl (C=O) groups is 1. The topological polar surface area (TPSA) is 63.3 Å². The molecule has 3 nitrogen and oxygen atoms in total. The van der Waals surface area contributed by atoms with Crippen LogP contribution < -0.4 is 5.73 Å². The number of carbonyl (C=O) groups excluding carboxylic acids is 1. The molecule has 0 saturated heterocycles. The van der Waals surface area contributed by atoms with Gasteiger partial charge in [-0.1, -0.05) is 23.2 Å². The number of nitrogens with two attached hydrogens (primary N) is 1. The van der Waals surface area contributed by atoms with Crippen molar-refractivity contribution in [2.24, 2.45) is 5.73 Å². The predicted molar refractivity (Wildman–Crippen MR) is 55.6 cm³/mol. The molecule has 0 radical (unpaired) electrons. The quantitative estimate of drug-likeness (QED) is 0.841. The first kappa shape index (κ1) is 11.1. The summed E-state index contributed by atoms with van der Waals surface area (Å²) in [6, 6.07) is 3.12. The van der Waals surface area contributed by atoms with Gasteiger partial charge in [0.1, 0.15) is 0 Å². The lowest BCUT2D eigenvalue weighted by atomic mass is 10.1. The fraction of sp³-hybridized carbons (Fsp3) is 0.222. The van der Waals surface area contributed by atoms with E-state index in [9.17, 15) is 9.90 Å². The van der Waals surface area contributed by atoms with Gasteiger partial charge in [-0.3, -0.25) is 4.79 Å². The number of halogens is 2. The molecule has 3 N–H and O–H groups in total. The monoisotopic (exact) mass is 233 g/mol. The molecule has 0 atom stereocenters. The Morgan fingerprint density at radius 2 is 1.86 bits per heavy atom. The Morgan fingerprint density at radius 1 is 1.36 bits per heavy atom. The summed E-state index contributed by atoms with van der Waals surface area (Å²) < 4.78 is 0. The molecule has 0 fully saturated rings. The largest absolute Gasteiger partial charge is 0.505 e. The molecule has 0 heterocycles. The number of phenols is 1. The van der Waals surface area contributed by atoms with Crippen LogP contribution in [-0.4, -0.2) is 11.0 Å². The van der Waals surface area contributed by atoms with Crippen LogP contribution in [0.15, 0.2) is 12.1 Å². The highest BCUT2D eigenvalue weighted by Gasteiger charge is 2.07. The predicted octanol–water partition coefficient (Wildman–Crippen LogP) is 2.12. The van der Waals surface area contributed by atoms with Gasteiger partial charge < -0.3 is 10.8 Å². The Kier molecular flexibility index (Phi) is 3.61. The second-order valence-electron chi connectivity index (χ2n) is 2.87. The molecule has 0 bridgehead atoms. The maximum atomic E-state index is 10.5. The molecule has 0 aliphatic carbocycles. The Hall–Kier alpha value is -0.930. The van der Waals surface area contributed by atoms with Crippen molar-refractivity contribution in [2.45, 2.75) is 12.8 Å². The van der Waals surface area contributed by atoms with Crippen molar-refractivity contribution in [3.05, 3.63) is 27.7 Å². The van der Waals surface area contributed by atoms with Crippen molar-refractivity contribution in [2.75, 3.05) is 0 Å². The normalized spacial score (nSPS) is 10.1. The van der Waals surface area contributed by atoms with Crippen LogP contribution in [-0.2, 0) is 11.2 Å². The van der Waals surface area contributed by atoms with Gasteiger partial charge in [-0.05, 0) is 24.1 Å².